The summed E-state index contributed by atoms with van der Waals surface area (Å²) < 4.78 is 64.1. The highest BCUT2D eigenvalue weighted by atomic mass is 31.3. The lowest BCUT2D eigenvalue weighted by atomic mass is 9.93. The van der Waals surface area contributed by atoms with Gasteiger partial charge in [0, 0.05) is 20.0 Å². The van der Waals surface area contributed by atoms with Gasteiger partial charge in [0.25, 0.3) is 0 Å². The van der Waals surface area contributed by atoms with Crippen LogP contribution in [0.3, 0.4) is 0 Å². The summed E-state index contributed by atoms with van der Waals surface area (Å²) in [6, 6.07) is 5.90. The van der Waals surface area contributed by atoms with E-state index in [4.69, 9.17) is 32.1 Å². The van der Waals surface area contributed by atoms with Gasteiger partial charge in [0.05, 0.1) is 19.3 Å². The Hall–Kier alpha value is -3.53. The first-order valence-corrected chi connectivity index (χ1v) is 18.2. The van der Waals surface area contributed by atoms with Gasteiger partial charge in [0.15, 0.2) is 0 Å². The van der Waals surface area contributed by atoms with E-state index in [2.05, 4.69) is 28.4 Å². The second-order valence-corrected chi connectivity index (χ2v) is 14.3. The molecule has 2 heterocycles. The molecule has 19 heteroatoms. The summed E-state index contributed by atoms with van der Waals surface area (Å²) >= 11 is 0. The number of aromatic nitrogens is 3. The lowest BCUT2D eigenvalue weighted by Gasteiger charge is -2.25. The van der Waals surface area contributed by atoms with Gasteiger partial charge in [0.2, 0.25) is 5.95 Å². The Morgan fingerprint density at radius 1 is 1.18 bits per heavy atom. The fourth-order valence-corrected chi connectivity index (χ4v) is 7.18. The lowest BCUT2D eigenvalue weighted by Crippen LogP contribution is -2.31. The number of esters is 1. The van der Waals surface area contributed by atoms with Crippen molar-refractivity contribution in [1.29, 1.82) is 0 Å². The van der Waals surface area contributed by atoms with E-state index in [9.17, 15) is 28.4 Å². The van der Waals surface area contributed by atoms with Crippen molar-refractivity contribution in [2.24, 2.45) is 11.8 Å². The summed E-state index contributed by atoms with van der Waals surface area (Å²) in [5.41, 5.74) is -0.213. The largest absolute Gasteiger partial charge is 0.484 e. The highest BCUT2D eigenvalue weighted by molar-refractivity contribution is 7.61. The van der Waals surface area contributed by atoms with E-state index in [-0.39, 0.29) is 35.7 Å². The molecule has 49 heavy (non-hydrogen) atoms. The molecule has 1 aromatic heterocycles. The van der Waals surface area contributed by atoms with Crippen molar-refractivity contribution < 1.29 is 55.7 Å². The third-order valence-electron chi connectivity index (χ3n) is 7.48. The van der Waals surface area contributed by atoms with E-state index >= 15 is 0 Å². The molecule has 17 nitrogen and oxygen atoms in total. The quantitative estimate of drug-likeness (QED) is 0.0605. The number of phosphoric acid groups is 2. The summed E-state index contributed by atoms with van der Waals surface area (Å²) in [6.45, 7) is 14.0. The number of benzene rings is 1. The first-order valence-electron chi connectivity index (χ1n) is 15.3. The number of unbranched alkanes of at least 4 members (excludes halogenated alkanes) is 2. The van der Waals surface area contributed by atoms with E-state index in [0.717, 1.165) is 30.8 Å². The van der Waals surface area contributed by atoms with Gasteiger partial charge < -0.3 is 19.1 Å². The Morgan fingerprint density at radius 2 is 1.88 bits per heavy atom. The van der Waals surface area contributed by atoms with E-state index in [1.54, 1.807) is 13.8 Å². The first kappa shape index (κ1) is 39.9. The maximum absolute atomic E-state index is 13.4. The predicted octanol–water partition coefficient (Wildman–Crippen LogP) is 5.86. The van der Waals surface area contributed by atoms with Crippen LogP contribution < -0.4 is 15.7 Å². The van der Waals surface area contributed by atoms with Crippen molar-refractivity contribution in [3.05, 3.63) is 71.4 Å². The molecule has 0 saturated carbocycles. The minimum Gasteiger partial charge on any atom is -0.449 e. The molecule has 1 fully saturated rings. The van der Waals surface area contributed by atoms with Crippen LogP contribution in [0.1, 0.15) is 64.9 Å². The van der Waals surface area contributed by atoms with Gasteiger partial charge in [-0.2, -0.15) is 9.29 Å². The Kier molecular flexibility index (Phi) is 14.6. The number of nitrogens with one attached hydrogen (secondary N) is 1. The van der Waals surface area contributed by atoms with Crippen LogP contribution in [-0.4, -0.2) is 57.9 Å². The van der Waals surface area contributed by atoms with Gasteiger partial charge >= 0.3 is 33.4 Å². The van der Waals surface area contributed by atoms with Crippen molar-refractivity contribution >= 4 is 33.7 Å². The normalized spacial score (nSPS) is 21.9. The van der Waals surface area contributed by atoms with Gasteiger partial charge in [0.1, 0.15) is 24.4 Å². The average Bonchev–Trinajstić information content (AvgIpc) is 3.33. The smallest absolute Gasteiger partial charge is 0.449 e. The highest BCUT2D eigenvalue weighted by Crippen LogP contribution is 2.65. The van der Waals surface area contributed by atoms with Crippen LogP contribution in [0.5, 0.6) is 5.75 Å². The Morgan fingerprint density at radius 3 is 2.47 bits per heavy atom. The van der Waals surface area contributed by atoms with Gasteiger partial charge in [-0.1, -0.05) is 65.0 Å². The third kappa shape index (κ3) is 11.5. The molecule has 5 unspecified atom stereocenters. The van der Waals surface area contributed by atoms with Gasteiger partial charge in [-0.05, 0) is 35.6 Å². The molecule has 7 atom stereocenters. The standard InChI is InChI=1S/C30H42N4O13P2/c1-8-10-11-16-42-30(37)33-28-31-18-34(29(36)32-28)27-21(5)20(4)25(45-27)17-43-48(38,39)47-49(40,41-7)46-26(19(3)9-2)23-12-14-24(15-13-23)44-22(6)35/h9,12-15,18,20-21,25-27H,2-3,8,10-11,16-17H2,1,4-7H3,(H,38,39)(H,32,33,36,37)/t20-,21+,25?,26?,27?,49?/m0/s1. The summed E-state index contributed by atoms with van der Waals surface area (Å²) in [5.74, 6) is -1.20. The Bertz CT molecular complexity index is 1630. The molecule has 1 aliphatic heterocycles. The monoisotopic (exact) mass is 728 g/mol. The highest BCUT2D eigenvalue weighted by Gasteiger charge is 2.44. The maximum atomic E-state index is 13.4. The zero-order chi connectivity index (χ0) is 36.4. The fraction of sp³-hybridized carbons (Fsp3) is 0.500. The number of ether oxygens (including phenoxy) is 3. The number of rotatable bonds is 18. The average molecular weight is 729 g/mol. The number of hydrogen-bond donors (Lipinski definition) is 2. The molecule has 0 spiro atoms. The molecule has 2 aromatic rings. The number of amides is 1. The van der Waals surface area contributed by atoms with Crippen LogP contribution in [0.2, 0.25) is 0 Å². The molecule has 0 bridgehead atoms. The second-order valence-electron chi connectivity index (χ2n) is 11.0. The van der Waals surface area contributed by atoms with Gasteiger partial charge in [-0.25, -0.2) is 23.7 Å². The van der Waals surface area contributed by atoms with E-state index in [0.29, 0.717) is 12.0 Å². The fourth-order valence-electron chi connectivity index (χ4n) is 4.63. The van der Waals surface area contributed by atoms with Crippen molar-refractivity contribution in [1.82, 2.24) is 14.5 Å². The molecular weight excluding hydrogens is 686 g/mol. The van der Waals surface area contributed by atoms with E-state index in [1.165, 1.54) is 37.3 Å². The molecule has 1 aromatic carbocycles. The first-order chi connectivity index (χ1) is 23.1. The molecule has 1 saturated heterocycles. The zero-order valence-corrected chi connectivity index (χ0v) is 29.7. The van der Waals surface area contributed by atoms with Crippen molar-refractivity contribution in [3.63, 3.8) is 0 Å². The SMILES string of the molecule is C=CC(=C)C(OP(=O)(OC)OP(=O)(O)OCC1OC(n2cnc(NC(=O)OCCCCC)nc2=O)[C@H](C)[C@@H]1C)c1ccc(OC(C)=O)cc1. The lowest BCUT2D eigenvalue weighted by molar-refractivity contribution is -0.131. The van der Waals surface area contributed by atoms with Crippen LogP contribution in [0.25, 0.3) is 0 Å². The third-order valence-corrected chi connectivity index (χ3v) is 10.5. The van der Waals surface area contributed by atoms with Crippen LogP contribution in [0, 0.1) is 11.8 Å². The summed E-state index contributed by atoms with van der Waals surface area (Å²) in [4.78, 5) is 54.3. The number of carbonyl (C=O) groups excluding carboxylic acids is 2. The summed E-state index contributed by atoms with van der Waals surface area (Å²) in [6.07, 6.45) is 1.31. The molecule has 0 aliphatic carbocycles. The van der Waals surface area contributed by atoms with Crippen LogP contribution in [0.15, 0.2) is 60.2 Å². The van der Waals surface area contributed by atoms with E-state index < -0.39 is 58.4 Å². The molecule has 1 amide bonds. The number of nitrogens with zero attached hydrogens (tertiary/aromatic N) is 3. The molecule has 270 valence electrons. The van der Waals surface area contributed by atoms with Crippen molar-refractivity contribution in [2.75, 3.05) is 25.6 Å². The zero-order valence-electron chi connectivity index (χ0n) is 27.9. The van der Waals surface area contributed by atoms with Gasteiger partial charge in [-0.15, -0.1) is 0 Å². The number of phosphoric ester groups is 2. The van der Waals surface area contributed by atoms with E-state index in [1.807, 2.05) is 6.92 Å². The minimum atomic E-state index is -5.12. The molecular formula is C30H42N4O13P2. The molecule has 1 aliphatic rings. The molecule has 3 rings (SSSR count). The number of carbonyl (C=O) groups is 2. The number of hydrogen-bond acceptors (Lipinski definition) is 14. The summed E-state index contributed by atoms with van der Waals surface area (Å²) in [7, 11) is -8.98. The number of anilines is 1. The van der Waals surface area contributed by atoms with Crippen LogP contribution in [-0.2, 0) is 41.3 Å². The second kappa shape index (κ2) is 17.9. The molecule has 0 radical (unpaired) electrons. The Balaban J connectivity index is 1.65. The molecule has 2 N–H and O–H groups in total. The van der Waals surface area contributed by atoms with Crippen LogP contribution >= 0.6 is 15.6 Å². The van der Waals surface area contributed by atoms with Crippen molar-refractivity contribution in [2.45, 2.75) is 65.4 Å². The minimum absolute atomic E-state index is 0.202. The summed E-state index contributed by atoms with van der Waals surface area (Å²) in [5, 5.41) is 2.31. The van der Waals surface area contributed by atoms with Crippen LogP contribution in [0.4, 0.5) is 10.7 Å². The van der Waals surface area contributed by atoms with Crippen molar-refractivity contribution in [3.8, 4) is 5.75 Å². The Labute approximate surface area is 283 Å². The predicted molar refractivity (Wildman–Crippen MR) is 175 cm³/mol. The maximum Gasteiger partial charge on any atom is 0.484 e. The van der Waals surface area contributed by atoms with Gasteiger partial charge in [-0.3, -0.25) is 28.2 Å². The topological polar surface area (TPSA) is 213 Å².